The largest absolute Gasteiger partial charge is 0.394 e. The van der Waals surface area contributed by atoms with Gasteiger partial charge in [-0.2, -0.15) is 0 Å². The quantitative estimate of drug-likeness (QED) is 0.546. The number of ether oxygens (including phenoxy) is 1. The van der Waals surface area contributed by atoms with Crippen LogP contribution in [0.5, 0.6) is 0 Å². The minimum absolute atomic E-state index is 0.374. The second-order valence-electron chi connectivity index (χ2n) is 8.81. The number of halogens is 1. The van der Waals surface area contributed by atoms with Crippen molar-refractivity contribution in [3.8, 4) is 0 Å². The normalized spacial score (nSPS) is 29.0. The Bertz CT molecular complexity index is 894. The lowest BCUT2D eigenvalue weighted by molar-refractivity contribution is -0.231. The van der Waals surface area contributed by atoms with Crippen LogP contribution >= 0.6 is 11.6 Å². The molecule has 2 aliphatic rings. The molecule has 5 nitrogen and oxygen atoms in total. The zero-order valence-electron chi connectivity index (χ0n) is 17.7. The second kappa shape index (κ2) is 9.57. The molecule has 1 aliphatic carbocycles. The lowest BCUT2D eigenvalue weighted by Gasteiger charge is -2.40. The first-order valence-electron chi connectivity index (χ1n) is 11.1. The lowest BCUT2D eigenvalue weighted by atomic mass is 9.78. The molecule has 0 bridgehead atoms. The van der Waals surface area contributed by atoms with Gasteiger partial charge in [-0.1, -0.05) is 61.3 Å². The summed E-state index contributed by atoms with van der Waals surface area (Å²) in [5.74, 6) is 0.374. The summed E-state index contributed by atoms with van der Waals surface area (Å²) >= 11 is 6.85. The number of aryl methyl sites for hydroxylation is 1. The van der Waals surface area contributed by atoms with Crippen LogP contribution in [0.15, 0.2) is 36.4 Å². The van der Waals surface area contributed by atoms with Crippen molar-refractivity contribution < 1.29 is 25.2 Å². The summed E-state index contributed by atoms with van der Waals surface area (Å²) in [7, 11) is 0. The molecular formula is C25H31ClO5. The molecule has 1 saturated carbocycles. The van der Waals surface area contributed by atoms with E-state index in [1.165, 1.54) is 12.0 Å². The van der Waals surface area contributed by atoms with Gasteiger partial charge in [0.25, 0.3) is 0 Å². The zero-order chi connectivity index (χ0) is 22.1. The van der Waals surface area contributed by atoms with Crippen LogP contribution in [0.1, 0.15) is 66.0 Å². The average molecular weight is 447 g/mol. The van der Waals surface area contributed by atoms with E-state index in [1.54, 1.807) is 0 Å². The molecule has 4 rings (SSSR count). The minimum atomic E-state index is -1.40. The van der Waals surface area contributed by atoms with Crippen molar-refractivity contribution >= 4 is 11.6 Å². The first-order chi connectivity index (χ1) is 14.9. The fourth-order valence-corrected chi connectivity index (χ4v) is 4.86. The van der Waals surface area contributed by atoms with Gasteiger partial charge in [-0.15, -0.1) is 0 Å². The third-order valence-electron chi connectivity index (χ3n) is 6.79. The molecule has 0 amide bonds. The van der Waals surface area contributed by atoms with Gasteiger partial charge in [0.05, 0.1) is 6.61 Å². The van der Waals surface area contributed by atoms with Gasteiger partial charge in [-0.3, -0.25) is 0 Å². The Morgan fingerprint density at radius 1 is 0.968 bits per heavy atom. The Kier molecular flexibility index (Phi) is 7.01. The van der Waals surface area contributed by atoms with Gasteiger partial charge in [-0.05, 0) is 59.4 Å². The third-order valence-corrected chi connectivity index (χ3v) is 7.25. The maximum Gasteiger partial charge on any atom is 0.113 e. The van der Waals surface area contributed by atoms with E-state index in [1.807, 2.05) is 12.1 Å². The van der Waals surface area contributed by atoms with Crippen LogP contribution in [0.3, 0.4) is 0 Å². The Morgan fingerprint density at radius 2 is 1.65 bits per heavy atom. The second-order valence-corrected chi connectivity index (χ2v) is 9.19. The Morgan fingerprint density at radius 3 is 2.23 bits per heavy atom. The molecule has 2 aromatic rings. The van der Waals surface area contributed by atoms with Crippen LogP contribution in [-0.2, 0) is 17.6 Å². The predicted octanol–water partition coefficient (Wildman–Crippen LogP) is 3.28. The van der Waals surface area contributed by atoms with Crippen LogP contribution in [0, 0.1) is 0 Å². The van der Waals surface area contributed by atoms with Gasteiger partial charge in [0.15, 0.2) is 0 Å². The number of aliphatic hydroxyl groups is 4. The van der Waals surface area contributed by atoms with E-state index in [9.17, 15) is 20.4 Å². The molecular weight excluding hydrogens is 416 g/mol. The topological polar surface area (TPSA) is 90.2 Å². The van der Waals surface area contributed by atoms with Crippen molar-refractivity contribution in [2.75, 3.05) is 6.61 Å². The molecule has 168 valence electrons. The molecule has 1 aliphatic heterocycles. The highest BCUT2D eigenvalue weighted by Gasteiger charge is 2.44. The summed E-state index contributed by atoms with van der Waals surface area (Å²) in [5.41, 5.74) is 5.12. The monoisotopic (exact) mass is 446 g/mol. The molecule has 31 heavy (non-hydrogen) atoms. The van der Waals surface area contributed by atoms with Crippen LogP contribution in [0.25, 0.3) is 0 Å². The summed E-state index contributed by atoms with van der Waals surface area (Å²) in [6.45, 7) is 1.68. The molecule has 1 saturated heterocycles. The SMILES string of the molecule is CCc1ccc(Cc2cc([C@@H]3O[C@H](CO)[C@@H](O)[C@H](O)[C@H]3O)cc(C3CCC3)c2Cl)cc1. The minimum Gasteiger partial charge on any atom is -0.394 e. The number of hydrogen-bond acceptors (Lipinski definition) is 5. The predicted molar refractivity (Wildman–Crippen MR) is 119 cm³/mol. The average Bonchev–Trinajstić information content (AvgIpc) is 2.74. The van der Waals surface area contributed by atoms with Crippen LogP contribution in [0.2, 0.25) is 5.02 Å². The maximum absolute atomic E-state index is 10.6. The van der Waals surface area contributed by atoms with Crippen LogP contribution < -0.4 is 0 Å². The van der Waals surface area contributed by atoms with Crippen molar-refractivity contribution in [1.29, 1.82) is 0 Å². The standard InChI is InChI=1S/C25H31ClO5/c1-2-14-6-8-15(9-7-14)10-17-11-18(12-19(21(17)26)16-4-3-5-16)25-24(30)23(29)22(28)20(13-27)31-25/h6-9,11-12,16,20,22-25,27-30H,2-5,10,13H2,1H3/t20-,22-,23+,24-,25+/m1/s1. The van der Waals surface area contributed by atoms with E-state index >= 15 is 0 Å². The number of rotatable bonds is 6. The van der Waals surface area contributed by atoms with Crippen molar-refractivity contribution in [2.45, 2.75) is 75.5 Å². The zero-order valence-corrected chi connectivity index (χ0v) is 18.5. The molecule has 1 heterocycles. The molecule has 4 N–H and O–H groups in total. The maximum atomic E-state index is 10.6. The van der Waals surface area contributed by atoms with Gasteiger partial charge in [0.1, 0.15) is 30.5 Å². The highest BCUT2D eigenvalue weighted by atomic mass is 35.5. The molecule has 5 atom stereocenters. The van der Waals surface area contributed by atoms with Crippen molar-refractivity contribution in [2.24, 2.45) is 0 Å². The molecule has 2 aromatic carbocycles. The van der Waals surface area contributed by atoms with Crippen molar-refractivity contribution in [3.63, 3.8) is 0 Å². The van der Waals surface area contributed by atoms with Gasteiger partial charge < -0.3 is 25.2 Å². The van der Waals surface area contributed by atoms with E-state index in [2.05, 4.69) is 31.2 Å². The van der Waals surface area contributed by atoms with E-state index in [-0.39, 0.29) is 0 Å². The van der Waals surface area contributed by atoms with E-state index in [0.29, 0.717) is 17.9 Å². The number of hydrogen-bond donors (Lipinski definition) is 4. The summed E-state index contributed by atoms with van der Waals surface area (Å²) in [4.78, 5) is 0. The van der Waals surface area contributed by atoms with E-state index < -0.39 is 37.1 Å². The first-order valence-corrected chi connectivity index (χ1v) is 11.5. The highest BCUT2D eigenvalue weighted by Crippen LogP contribution is 2.44. The molecule has 0 unspecified atom stereocenters. The van der Waals surface area contributed by atoms with Gasteiger partial charge in [0, 0.05) is 5.02 Å². The molecule has 2 fully saturated rings. The molecule has 0 spiro atoms. The fourth-order valence-electron chi connectivity index (χ4n) is 4.53. The van der Waals surface area contributed by atoms with Crippen LogP contribution in [-0.4, -0.2) is 51.4 Å². The lowest BCUT2D eigenvalue weighted by Crippen LogP contribution is -2.55. The molecule has 0 aromatic heterocycles. The Labute approximate surface area is 188 Å². The van der Waals surface area contributed by atoms with E-state index in [4.69, 9.17) is 16.3 Å². The summed E-state index contributed by atoms with van der Waals surface area (Å²) in [5, 5.41) is 41.3. The summed E-state index contributed by atoms with van der Waals surface area (Å²) in [6.07, 6.45) is -0.916. The third kappa shape index (κ3) is 4.54. The van der Waals surface area contributed by atoms with Crippen molar-refractivity contribution in [3.05, 3.63) is 69.2 Å². The van der Waals surface area contributed by atoms with Gasteiger partial charge in [0.2, 0.25) is 0 Å². The van der Waals surface area contributed by atoms with E-state index in [0.717, 1.165) is 41.0 Å². The highest BCUT2D eigenvalue weighted by molar-refractivity contribution is 6.32. The molecule has 0 radical (unpaired) electrons. The summed E-state index contributed by atoms with van der Waals surface area (Å²) in [6, 6.07) is 12.3. The fraction of sp³-hybridized carbons (Fsp3) is 0.520. The van der Waals surface area contributed by atoms with Crippen molar-refractivity contribution in [1.82, 2.24) is 0 Å². The smallest absolute Gasteiger partial charge is 0.113 e. The number of aliphatic hydroxyl groups excluding tert-OH is 4. The van der Waals surface area contributed by atoms with Gasteiger partial charge in [-0.25, -0.2) is 0 Å². The Hall–Kier alpha value is -1.47. The van der Waals surface area contributed by atoms with Crippen LogP contribution in [0.4, 0.5) is 0 Å². The number of benzene rings is 2. The Balaban J connectivity index is 1.71. The summed E-state index contributed by atoms with van der Waals surface area (Å²) < 4.78 is 5.83. The first kappa shape index (κ1) is 22.7. The molecule has 6 heteroatoms. The van der Waals surface area contributed by atoms with Gasteiger partial charge >= 0.3 is 0 Å².